The molecule has 0 saturated carbocycles. The number of anilines is 1. The fourth-order valence-corrected chi connectivity index (χ4v) is 1.43. The number of H-pyrrole nitrogens is 1. The molecular weight excluding hydrogens is 216 g/mol. The predicted molar refractivity (Wildman–Crippen MR) is 54.6 cm³/mol. The molecule has 0 spiro atoms. The second-order valence-corrected chi connectivity index (χ2v) is 3.40. The summed E-state index contributed by atoms with van der Waals surface area (Å²) in [7, 11) is 0. The number of rotatable bonds is 3. The fraction of sp³-hybridized carbons (Fsp3) is 0.429. The third-order valence-electron chi connectivity index (χ3n) is 1.92. The maximum absolute atomic E-state index is 5.60. The standard InChI is InChI=1S/C7H10N6OS/c1-4-9-5(12-14-4)2-3-13-6(8)10-11-7(13)15/h2-3H2,1H3,(H2,8,10)(H,11,15). The van der Waals surface area contributed by atoms with E-state index in [4.69, 9.17) is 22.5 Å². The molecule has 80 valence electrons. The summed E-state index contributed by atoms with van der Waals surface area (Å²) in [5.74, 6) is 1.55. The summed E-state index contributed by atoms with van der Waals surface area (Å²) in [5.41, 5.74) is 5.60. The average Bonchev–Trinajstić information content (AvgIpc) is 2.73. The first-order valence-electron chi connectivity index (χ1n) is 4.36. The van der Waals surface area contributed by atoms with Crippen LogP contribution in [0.5, 0.6) is 0 Å². The van der Waals surface area contributed by atoms with E-state index in [1.165, 1.54) is 0 Å². The number of nitrogen functional groups attached to an aromatic ring is 1. The number of hydrogen-bond acceptors (Lipinski definition) is 6. The van der Waals surface area contributed by atoms with Crippen LogP contribution in [-0.4, -0.2) is 24.9 Å². The van der Waals surface area contributed by atoms with Crippen LogP contribution in [0.4, 0.5) is 5.95 Å². The number of aromatic amines is 1. The Labute approximate surface area is 90.3 Å². The van der Waals surface area contributed by atoms with Crippen molar-refractivity contribution >= 4 is 18.2 Å². The Hall–Kier alpha value is -1.70. The summed E-state index contributed by atoms with van der Waals surface area (Å²) in [4.78, 5) is 4.07. The Balaban J connectivity index is 2.08. The SMILES string of the molecule is Cc1nc(CCn2c(N)n[nH]c2=S)no1. The normalized spacial score (nSPS) is 10.7. The van der Waals surface area contributed by atoms with Crippen molar-refractivity contribution in [1.82, 2.24) is 24.9 Å². The van der Waals surface area contributed by atoms with Gasteiger partial charge >= 0.3 is 0 Å². The lowest BCUT2D eigenvalue weighted by atomic mass is 10.4. The van der Waals surface area contributed by atoms with Crippen molar-refractivity contribution in [3.05, 3.63) is 16.5 Å². The van der Waals surface area contributed by atoms with Gasteiger partial charge in [-0.15, -0.1) is 5.10 Å². The van der Waals surface area contributed by atoms with Crippen LogP contribution >= 0.6 is 12.2 Å². The fourth-order valence-electron chi connectivity index (χ4n) is 1.20. The Morgan fingerprint density at radius 1 is 1.60 bits per heavy atom. The molecule has 2 aromatic rings. The molecule has 0 radical (unpaired) electrons. The van der Waals surface area contributed by atoms with E-state index in [1.807, 2.05) is 0 Å². The molecule has 0 aliphatic carbocycles. The van der Waals surface area contributed by atoms with Gasteiger partial charge in [0.05, 0.1) is 0 Å². The number of nitrogens with one attached hydrogen (secondary N) is 1. The van der Waals surface area contributed by atoms with Crippen LogP contribution < -0.4 is 5.73 Å². The van der Waals surface area contributed by atoms with Gasteiger partial charge in [0.1, 0.15) is 0 Å². The van der Waals surface area contributed by atoms with Crippen molar-refractivity contribution in [1.29, 1.82) is 0 Å². The highest BCUT2D eigenvalue weighted by molar-refractivity contribution is 7.71. The van der Waals surface area contributed by atoms with E-state index in [0.717, 1.165) is 0 Å². The molecule has 0 saturated heterocycles. The van der Waals surface area contributed by atoms with E-state index in [0.29, 0.717) is 35.4 Å². The summed E-state index contributed by atoms with van der Waals surface area (Å²) in [5, 5.41) is 10.2. The number of nitrogens with zero attached hydrogens (tertiary/aromatic N) is 4. The van der Waals surface area contributed by atoms with Gasteiger partial charge < -0.3 is 10.3 Å². The Morgan fingerprint density at radius 3 is 2.93 bits per heavy atom. The molecule has 7 nitrogen and oxygen atoms in total. The van der Waals surface area contributed by atoms with E-state index in [-0.39, 0.29) is 0 Å². The van der Waals surface area contributed by atoms with E-state index < -0.39 is 0 Å². The zero-order valence-corrected chi connectivity index (χ0v) is 8.91. The molecule has 0 fully saturated rings. The van der Waals surface area contributed by atoms with Gasteiger partial charge in [0.25, 0.3) is 0 Å². The summed E-state index contributed by atoms with van der Waals surface area (Å²) in [6, 6.07) is 0. The number of aromatic nitrogens is 5. The van der Waals surface area contributed by atoms with Gasteiger partial charge in [-0.05, 0) is 12.2 Å². The second kappa shape index (κ2) is 3.81. The molecular formula is C7H10N6OS. The molecule has 15 heavy (non-hydrogen) atoms. The van der Waals surface area contributed by atoms with Crippen LogP contribution in [0.2, 0.25) is 0 Å². The van der Waals surface area contributed by atoms with Crippen LogP contribution in [0.3, 0.4) is 0 Å². The van der Waals surface area contributed by atoms with Gasteiger partial charge in [-0.3, -0.25) is 4.57 Å². The first-order valence-corrected chi connectivity index (χ1v) is 4.77. The Morgan fingerprint density at radius 2 is 2.40 bits per heavy atom. The van der Waals surface area contributed by atoms with Gasteiger partial charge in [-0.25, -0.2) is 5.10 Å². The summed E-state index contributed by atoms with van der Waals surface area (Å²) >= 11 is 4.99. The van der Waals surface area contributed by atoms with Gasteiger partial charge in [0.15, 0.2) is 10.6 Å². The molecule has 0 bridgehead atoms. The van der Waals surface area contributed by atoms with Gasteiger partial charge in [0, 0.05) is 19.9 Å². The molecule has 2 rings (SSSR count). The minimum absolute atomic E-state index is 0.361. The lowest BCUT2D eigenvalue weighted by Crippen LogP contribution is -2.06. The Bertz CT molecular complexity index is 512. The van der Waals surface area contributed by atoms with Gasteiger partial charge in [-0.1, -0.05) is 5.16 Å². The van der Waals surface area contributed by atoms with E-state index in [9.17, 15) is 0 Å². The molecule has 0 aliphatic heterocycles. The number of aryl methyl sites for hydroxylation is 2. The average molecular weight is 226 g/mol. The van der Waals surface area contributed by atoms with Crippen molar-refractivity contribution < 1.29 is 4.52 Å². The zero-order valence-electron chi connectivity index (χ0n) is 8.10. The molecule has 8 heteroatoms. The first-order chi connectivity index (χ1) is 7.16. The van der Waals surface area contributed by atoms with Crippen molar-refractivity contribution in [3.8, 4) is 0 Å². The highest BCUT2D eigenvalue weighted by Crippen LogP contribution is 2.02. The highest BCUT2D eigenvalue weighted by Gasteiger charge is 2.05. The first kappa shape index (κ1) is 9.84. The lowest BCUT2D eigenvalue weighted by Gasteiger charge is -1.99. The summed E-state index contributed by atoms with van der Waals surface area (Å²) in [6.45, 7) is 2.33. The lowest BCUT2D eigenvalue weighted by molar-refractivity contribution is 0.386. The quantitative estimate of drug-likeness (QED) is 0.737. The molecule has 2 heterocycles. The molecule has 0 unspecified atom stereocenters. The maximum Gasteiger partial charge on any atom is 0.223 e. The monoisotopic (exact) mass is 226 g/mol. The minimum atomic E-state index is 0.361. The smallest absolute Gasteiger partial charge is 0.223 e. The second-order valence-electron chi connectivity index (χ2n) is 3.02. The zero-order chi connectivity index (χ0) is 10.8. The third-order valence-corrected chi connectivity index (χ3v) is 2.23. The maximum atomic E-state index is 5.60. The van der Waals surface area contributed by atoms with Gasteiger partial charge in [-0.2, -0.15) is 4.98 Å². The predicted octanol–water partition coefficient (Wildman–Crippen LogP) is 0.457. The Kier molecular flexibility index (Phi) is 2.50. The summed E-state index contributed by atoms with van der Waals surface area (Å²) < 4.78 is 7.02. The molecule has 3 N–H and O–H groups in total. The third kappa shape index (κ3) is 2.04. The van der Waals surface area contributed by atoms with Crippen molar-refractivity contribution in [2.24, 2.45) is 0 Å². The summed E-state index contributed by atoms with van der Waals surface area (Å²) in [6.07, 6.45) is 0.607. The largest absolute Gasteiger partial charge is 0.368 e. The van der Waals surface area contributed by atoms with E-state index >= 15 is 0 Å². The van der Waals surface area contributed by atoms with Crippen LogP contribution in [0, 0.1) is 11.7 Å². The minimum Gasteiger partial charge on any atom is -0.368 e. The molecule has 2 aromatic heterocycles. The number of nitrogens with two attached hydrogens (primary N) is 1. The van der Waals surface area contributed by atoms with Gasteiger partial charge in [0.2, 0.25) is 11.8 Å². The van der Waals surface area contributed by atoms with Crippen molar-refractivity contribution in [2.45, 2.75) is 19.9 Å². The highest BCUT2D eigenvalue weighted by atomic mass is 32.1. The van der Waals surface area contributed by atoms with Crippen LogP contribution in [0.15, 0.2) is 4.52 Å². The van der Waals surface area contributed by atoms with Crippen LogP contribution in [0.1, 0.15) is 11.7 Å². The van der Waals surface area contributed by atoms with Crippen molar-refractivity contribution in [2.75, 3.05) is 5.73 Å². The van der Waals surface area contributed by atoms with E-state index in [2.05, 4.69) is 20.3 Å². The topological polar surface area (TPSA) is 98.6 Å². The molecule has 0 aromatic carbocycles. The number of hydrogen-bond donors (Lipinski definition) is 2. The van der Waals surface area contributed by atoms with E-state index in [1.54, 1.807) is 11.5 Å². The molecule has 0 atom stereocenters. The molecule has 0 amide bonds. The van der Waals surface area contributed by atoms with Crippen molar-refractivity contribution in [3.63, 3.8) is 0 Å². The van der Waals surface area contributed by atoms with Crippen LogP contribution in [0.25, 0.3) is 0 Å². The molecule has 0 aliphatic rings. The van der Waals surface area contributed by atoms with Crippen LogP contribution in [-0.2, 0) is 13.0 Å².